The van der Waals surface area contributed by atoms with Crippen LogP contribution in [0.4, 0.5) is 0 Å². The zero-order valence-electron chi connectivity index (χ0n) is 6.80. The van der Waals surface area contributed by atoms with Gasteiger partial charge in [0.1, 0.15) is 0 Å². The van der Waals surface area contributed by atoms with E-state index >= 15 is 0 Å². The Morgan fingerprint density at radius 1 is 1.60 bits per heavy atom. The van der Waals surface area contributed by atoms with Gasteiger partial charge in [-0.25, -0.2) is 0 Å². The lowest BCUT2D eigenvalue weighted by molar-refractivity contribution is 0.127. The summed E-state index contributed by atoms with van der Waals surface area (Å²) in [6.07, 6.45) is 0.216. The molecule has 1 heterocycles. The zero-order valence-corrected chi connectivity index (χ0v) is 6.80. The van der Waals surface area contributed by atoms with Crippen LogP contribution in [-0.2, 0) is 0 Å². The van der Waals surface area contributed by atoms with Gasteiger partial charge < -0.3 is 11.1 Å². The van der Waals surface area contributed by atoms with Gasteiger partial charge in [-0.15, -0.1) is 0 Å². The summed E-state index contributed by atoms with van der Waals surface area (Å²) in [5, 5.41) is 3.25. The molecule has 0 aromatic heterocycles. The van der Waals surface area contributed by atoms with E-state index in [0.717, 1.165) is 19.6 Å². The summed E-state index contributed by atoms with van der Waals surface area (Å²) >= 11 is 0. The lowest BCUT2D eigenvalue weighted by Crippen LogP contribution is -2.57. The molecular weight excluding hydrogens is 126 g/mol. The van der Waals surface area contributed by atoms with E-state index in [2.05, 4.69) is 24.1 Å². The predicted molar refractivity (Wildman–Crippen MR) is 42.7 cm³/mol. The molecule has 0 bridgehead atoms. The van der Waals surface area contributed by atoms with Crippen molar-refractivity contribution in [1.82, 2.24) is 10.2 Å². The van der Waals surface area contributed by atoms with Crippen molar-refractivity contribution in [1.29, 1.82) is 0 Å². The van der Waals surface area contributed by atoms with Crippen LogP contribution in [0.2, 0.25) is 0 Å². The standard InChI is InChI=1S/C7H17N3/c1-6(2)10-4-3-9-5-7(10)8/h6-7,9H,3-5,8H2,1-2H3. The molecule has 60 valence electrons. The van der Waals surface area contributed by atoms with Crippen molar-refractivity contribution in [2.24, 2.45) is 5.73 Å². The second kappa shape index (κ2) is 3.32. The van der Waals surface area contributed by atoms with Crippen molar-refractivity contribution >= 4 is 0 Å². The molecule has 1 saturated heterocycles. The summed E-state index contributed by atoms with van der Waals surface area (Å²) in [7, 11) is 0. The first kappa shape index (κ1) is 7.98. The third kappa shape index (κ3) is 1.68. The summed E-state index contributed by atoms with van der Waals surface area (Å²) in [6.45, 7) is 7.46. The van der Waals surface area contributed by atoms with Gasteiger partial charge in [0.15, 0.2) is 0 Å². The summed E-state index contributed by atoms with van der Waals surface area (Å²) in [6, 6.07) is 0.581. The Balaban J connectivity index is 2.40. The minimum atomic E-state index is 0.216. The number of nitrogens with one attached hydrogen (secondary N) is 1. The Kier molecular flexibility index (Phi) is 2.65. The molecule has 1 aliphatic rings. The van der Waals surface area contributed by atoms with Crippen LogP contribution >= 0.6 is 0 Å². The third-order valence-corrected chi connectivity index (χ3v) is 1.99. The Bertz CT molecular complexity index is 103. The lowest BCUT2D eigenvalue weighted by Gasteiger charge is -2.36. The van der Waals surface area contributed by atoms with E-state index in [1.807, 2.05) is 0 Å². The highest BCUT2D eigenvalue weighted by Crippen LogP contribution is 2.02. The Labute approximate surface area is 62.6 Å². The maximum atomic E-state index is 5.84. The van der Waals surface area contributed by atoms with Gasteiger partial charge in [0.2, 0.25) is 0 Å². The topological polar surface area (TPSA) is 41.3 Å². The van der Waals surface area contributed by atoms with Crippen LogP contribution in [0.3, 0.4) is 0 Å². The minimum absolute atomic E-state index is 0.216. The molecule has 0 spiro atoms. The summed E-state index contributed by atoms with van der Waals surface area (Å²) in [5.41, 5.74) is 5.84. The maximum Gasteiger partial charge on any atom is 0.0703 e. The molecule has 3 nitrogen and oxygen atoms in total. The van der Waals surface area contributed by atoms with Gasteiger partial charge in [0, 0.05) is 25.7 Å². The third-order valence-electron chi connectivity index (χ3n) is 1.99. The summed E-state index contributed by atoms with van der Waals surface area (Å²) < 4.78 is 0. The average Bonchev–Trinajstić information content (AvgIpc) is 1.88. The largest absolute Gasteiger partial charge is 0.315 e. The number of hydrogen-bond donors (Lipinski definition) is 2. The van der Waals surface area contributed by atoms with Crippen LogP contribution in [0.1, 0.15) is 13.8 Å². The van der Waals surface area contributed by atoms with E-state index in [1.165, 1.54) is 0 Å². The highest BCUT2D eigenvalue weighted by atomic mass is 15.3. The Morgan fingerprint density at radius 3 is 2.70 bits per heavy atom. The average molecular weight is 143 g/mol. The van der Waals surface area contributed by atoms with Gasteiger partial charge in [-0.3, -0.25) is 4.90 Å². The van der Waals surface area contributed by atoms with Gasteiger partial charge in [-0.1, -0.05) is 0 Å². The molecule has 0 radical (unpaired) electrons. The van der Waals surface area contributed by atoms with Crippen LogP contribution in [0.5, 0.6) is 0 Å². The van der Waals surface area contributed by atoms with E-state index in [4.69, 9.17) is 5.73 Å². The van der Waals surface area contributed by atoms with Crippen LogP contribution < -0.4 is 11.1 Å². The van der Waals surface area contributed by atoms with Crippen molar-refractivity contribution in [2.75, 3.05) is 19.6 Å². The number of piperazine rings is 1. The van der Waals surface area contributed by atoms with Crippen LogP contribution in [-0.4, -0.2) is 36.7 Å². The Morgan fingerprint density at radius 2 is 2.30 bits per heavy atom. The molecule has 10 heavy (non-hydrogen) atoms. The molecule has 1 atom stereocenters. The molecule has 3 N–H and O–H groups in total. The van der Waals surface area contributed by atoms with Crippen molar-refractivity contribution in [3.05, 3.63) is 0 Å². The van der Waals surface area contributed by atoms with Gasteiger partial charge in [-0.2, -0.15) is 0 Å². The molecule has 0 aromatic carbocycles. The molecule has 0 amide bonds. The summed E-state index contributed by atoms with van der Waals surface area (Å²) in [4.78, 5) is 2.32. The quantitative estimate of drug-likeness (QED) is 0.524. The smallest absolute Gasteiger partial charge is 0.0703 e. The van der Waals surface area contributed by atoms with Gasteiger partial charge in [-0.05, 0) is 13.8 Å². The van der Waals surface area contributed by atoms with Crippen molar-refractivity contribution in [3.63, 3.8) is 0 Å². The summed E-state index contributed by atoms with van der Waals surface area (Å²) in [5.74, 6) is 0. The fourth-order valence-corrected chi connectivity index (χ4v) is 1.38. The van der Waals surface area contributed by atoms with Gasteiger partial charge in [0.05, 0.1) is 6.17 Å². The molecule has 3 heteroatoms. The van der Waals surface area contributed by atoms with E-state index in [-0.39, 0.29) is 6.17 Å². The van der Waals surface area contributed by atoms with E-state index < -0.39 is 0 Å². The first-order valence-electron chi connectivity index (χ1n) is 3.94. The first-order chi connectivity index (χ1) is 4.72. The normalized spacial score (nSPS) is 29.4. The molecule has 0 saturated carbocycles. The minimum Gasteiger partial charge on any atom is -0.315 e. The fourth-order valence-electron chi connectivity index (χ4n) is 1.38. The lowest BCUT2D eigenvalue weighted by atomic mass is 10.2. The van der Waals surface area contributed by atoms with E-state index in [0.29, 0.717) is 6.04 Å². The van der Waals surface area contributed by atoms with Crippen molar-refractivity contribution in [3.8, 4) is 0 Å². The molecule has 0 aliphatic carbocycles. The number of nitrogens with zero attached hydrogens (tertiary/aromatic N) is 1. The highest BCUT2D eigenvalue weighted by molar-refractivity contribution is 4.76. The Hall–Kier alpha value is -0.120. The van der Waals surface area contributed by atoms with Gasteiger partial charge >= 0.3 is 0 Å². The molecule has 1 rings (SSSR count). The van der Waals surface area contributed by atoms with E-state index in [9.17, 15) is 0 Å². The van der Waals surface area contributed by atoms with Crippen molar-refractivity contribution in [2.45, 2.75) is 26.1 Å². The first-order valence-corrected chi connectivity index (χ1v) is 3.94. The molecule has 1 fully saturated rings. The molecule has 1 aliphatic heterocycles. The maximum absolute atomic E-state index is 5.84. The second-order valence-corrected chi connectivity index (χ2v) is 3.10. The van der Waals surface area contributed by atoms with Gasteiger partial charge in [0.25, 0.3) is 0 Å². The second-order valence-electron chi connectivity index (χ2n) is 3.10. The van der Waals surface area contributed by atoms with Crippen LogP contribution in [0.25, 0.3) is 0 Å². The monoisotopic (exact) mass is 143 g/mol. The van der Waals surface area contributed by atoms with Crippen molar-refractivity contribution < 1.29 is 0 Å². The highest BCUT2D eigenvalue weighted by Gasteiger charge is 2.19. The number of rotatable bonds is 1. The van der Waals surface area contributed by atoms with Crippen LogP contribution in [0.15, 0.2) is 0 Å². The fraction of sp³-hybridized carbons (Fsp3) is 1.00. The molecule has 0 aromatic rings. The predicted octanol–water partition coefficient (Wildman–Crippen LogP) is -0.415. The SMILES string of the molecule is CC(C)N1CCNCC1N. The van der Waals surface area contributed by atoms with E-state index in [1.54, 1.807) is 0 Å². The molecular formula is C7H17N3. The molecule has 1 unspecified atom stereocenters. The number of hydrogen-bond acceptors (Lipinski definition) is 3. The zero-order chi connectivity index (χ0) is 7.56. The number of nitrogens with two attached hydrogens (primary N) is 1. The van der Waals surface area contributed by atoms with Crippen LogP contribution in [0, 0.1) is 0 Å².